The van der Waals surface area contributed by atoms with Gasteiger partial charge < -0.3 is 15.4 Å². The molecule has 2 heterocycles. The number of halogens is 1. The summed E-state index contributed by atoms with van der Waals surface area (Å²) >= 11 is 0. The van der Waals surface area contributed by atoms with Gasteiger partial charge in [0.1, 0.15) is 6.10 Å². The molecule has 0 saturated carbocycles. The van der Waals surface area contributed by atoms with Gasteiger partial charge in [-0.1, -0.05) is 0 Å². The lowest BCUT2D eigenvalue weighted by Crippen LogP contribution is -2.46. The fourth-order valence-corrected chi connectivity index (χ4v) is 3.90. The van der Waals surface area contributed by atoms with Gasteiger partial charge in [-0.3, -0.25) is 4.79 Å². The highest BCUT2D eigenvalue weighted by Crippen LogP contribution is 2.25. The lowest BCUT2D eigenvalue weighted by molar-refractivity contribution is -0.143. The van der Waals surface area contributed by atoms with E-state index in [1.54, 1.807) is 4.90 Å². The van der Waals surface area contributed by atoms with E-state index in [2.05, 4.69) is 4.72 Å². The van der Waals surface area contributed by atoms with E-state index in [0.717, 1.165) is 19.3 Å². The quantitative estimate of drug-likeness (QED) is 0.699. The number of amides is 1. The normalized spacial score (nSPS) is 29.4. The van der Waals surface area contributed by atoms with Crippen molar-refractivity contribution in [2.75, 3.05) is 25.9 Å². The minimum absolute atomic E-state index is 0. The van der Waals surface area contributed by atoms with Crippen molar-refractivity contribution in [2.24, 2.45) is 5.73 Å². The third-order valence-electron chi connectivity index (χ3n) is 4.03. The van der Waals surface area contributed by atoms with Gasteiger partial charge in [-0.2, -0.15) is 0 Å². The van der Waals surface area contributed by atoms with E-state index in [9.17, 15) is 13.2 Å². The van der Waals surface area contributed by atoms with Crippen LogP contribution >= 0.6 is 12.4 Å². The van der Waals surface area contributed by atoms with Crippen molar-refractivity contribution in [1.82, 2.24) is 9.62 Å². The largest absolute Gasteiger partial charge is 0.364 e. The molecule has 3 atom stereocenters. The number of sulfonamides is 1. The van der Waals surface area contributed by atoms with Crippen LogP contribution in [0.5, 0.6) is 0 Å². The van der Waals surface area contributed by atoms with Crippen molar-refractivity contribution in [1.29, 1.82) is 0 Å². The average molecular weight is 342 g/mol. The molecule has 9 heteroatoms. The summed E-state index contributed by atoms with van der Waals surface area (Å²) in [6.07, 6.45) is 2.51. The Hall–Kier alpha value is -0.410. The zero-order valence-corrected chi connectivity index (χ0v) is 13.8. The molecule has 2 aliphatic rings. The summed E-state index contributed by atoms with van der Waals surface area (Å²) in [5.74, 6) is -0.128. The number of likely N-dealkylation sites (tertiary alicyclic amines) is 1. The van der Waals surface area contributed by atoms with Gasteiger partial charge in [-0.25, -0.2) is 13.1 Å². The molecule has 2 fully saturated rings. The van der Waals surface area contributed by atoms with Gasteiger partial charge in [0.05, 0.1) is 11.9 Å². The van der Waals surface area contributed by atoms with Crippen molar-refractivity contribution in [2.45, 2.75) is 43.9 Å². The smallest absolute Gasteiger partial charge is 0.251 e. The topological polar surface area (TPSA) is 102 Å². The molecule has 124 valence electrons. The summed E-state index contributed by atoms with van der Waals surface area (Å²) in [5.41, 5.74) is 5.54. The van der Waals surface area contributed by atoms with Gasteiger partial charge >= 0.3 is 0 Å². The van der Waals surface area contributed by atoms with E-state index in [-0.39, 0.29) is 36.2 Å². The van der Waals surface area contributed by atoms with Gasteiger partial charge in [-0.05, 0) is 32.7 Å². The van der Waals surface area contributed by atoms with Gasteiger partial charge in [0.2, 0.25) is 10.0 Å². The second-order valence-electron chi connectivity index (χ2n) is 5.37. The molecule has 0 aromatic rings. The van der Waals surface area contributed by atoms with Gasteiger partial charge in [0, 0.05) is 19.1 Å². The van der Waals surface area contributed by atoms with Crippen LogP contribution < -0.4 is 10.5 Å². The van der Waals surface area contributed by atoms with Crippen molar-refractivity contribution in [3.63, 3.8) is 0 Å². The first kappa shape index (κ1) is 18.6. The van der Waals surface area contributed by atoms with Crippen LogP contribution in [-0.4, -0.2) is 63.4 Å². The maximum atomic E-state index is 12.4. The fraction of sp³-hybridized carbons (Fsp3) is 0.917. The highest BCUT2D eigenvalue weighted by Gasteiger charge is 2.38. The molecule has 0 radical (unpaired) electrons. The van der Waals surface area contributed by atoms with Crippen molar-refractivity contribution in [3.8, 4) is 0 Å². The number of ether oxygens (including phenoxy) is 1. The van der Waals surface area contributed by atoms with Crippen LogP contribution in [0.3, 0.4) is 0 Å². The zero-order valence-electron chi connectivity index (χ0n) is 12.2. The Morgan fingerprint density at radius 1 is 1.38 bits per heavy atom. The number of nitrogens with one attached hydrogen (secondary N) is 1. The second-order valence-corrected chi connectivity index (χ2v) is 7.34. The fourth-order valence-electron chi connectivity index (χ4n) is 2.88. The summed E-state index contributed by atoms with van der Waals surface area (Å²) in [6, 6.07) is -0.250. The van der Waals surface area contributed by atoms with Crippen LogP contribution in [0.1, 0.15) is 25.7 Å². The number of nitrogens with zero attached hydrogens (tertiary/aromatic N) is 1. The molecular formula is C12H24ClN3O4S. The molecule has 2 rings (SSSR count). The number of hydrogen-bond donors (Lipinski definition) is 2. The molecule has 21 heavy (non-hydrogen) atoms. The first-order valence-corrected chi connectivity index (χ1v) is 8.69. The Balaban J connectivity index is 0.00000220. The average Bonchev–Trinajstić information content (AvgIpc) is 3.06. The van der Waals surface area contributed by atoms with Crippen molar-refractivity contribution >= 4 is 28.3 Å². The van der Waals surface area contributed by atoms with E-state index in [4.69, 9.17) is 10.5 Å². The monoisotopic (exact) mass is 341 g/mol. The highest BCUT2D eigenvalue weighted by molar-refractivity contribution is 7.89. The Labute approximate surface area is 132 Å². The third kappa shape index (κ3) is 4.53. The minimum Gasteiger partial charge on any atom is -0.364 e. The van der Waals surface area contributed by atoms with Crippen molar-refractivity contribution < 1.29 is 17.9 Å². The third-order valence-corrected chi connectivity index (χ3v) is 5.47. The number of rotatable bonds is 5. The SMILES string of the molecule is CNS(=O)(=O)CC1CCCN1C(=O)[C@@H]1CC[C@H](CN)O1.Cl. The van der Waals surface area contributed by atoms with Crippen LogP contribution in [0.2, 0.25) is 0 Å². The van der Waals surface area contributed by atoms with Crippen molar-refractivity contribution in [3.05, 3.63) is 0 Å². The van der Waals surface area contributed by atoms with Crippen LogP contribution in [0.15, 0.2) is 0 Å². The molecule has 0 aliphatic carbocycles. The summed E-state index contributed by atoms with van der Waals surface area (Å²) in [7, 11) is -1.92. The Bertz CT molecular complexity index is 459. The molecule has 0 spiro atoms. The first-order valence-electron chi connectivity index (χ1n) is 7.04. The lowest BCUT2D eigenvalue weighted by atomic mass is 10.1. The zero-order chi connectivity index (χ0) is 14.8. The molecule has 7 nitrogen and oxygen atoms in total. The summed E-state index contributed by atoms with van der Waals surface area (Å²) in [4.78, 5) is 14.1. The van der Waals surface area contributed by atoms with Gasteiger partial charge in [0.15, 0.2) is 0 Å². The molecule has 1 unspecified atom stereocenters. The predicted octanol–water partition coefficient (Wildman–Crippen LogP) is -0.545. The van der Waals surface area contributed by atoms with Crippen LogP contribution in [0.4, 0.5) is 0 Å². The molecule has 2 saturated heterocycles. The molecule has 0 aromatic carbocycles. The van der Waals surface area contributed by atoms with E-state index in [0.29, 0.717) is 19.5 Å². The molecule has 1 amide bonds. The highest BCUT2D eigenvalue weighted by atomic mass is 35.5. The summed E-state index contributed by atoms with van der Waals surface area (Å²) in [6.45, 7) is 1.03. The van der Waals surface area contributed by atoms with E-state index in [1.165, 1.54) is 7.05 Å². The van der Waals surface area contributed by atoms with Gasteiger partial charge in [-0.15, -0.1) is 12.4 Å². The Morgan fingerprint density at radius 3 is 2.67 bits per heavy atom. The number of carbonyl (C=O) groups excluding carboxylic acids is 1. The summed E-state index contributed by atoms with van der Waals surface area (Å²) in [5, 5.41) is 0. The van der Waals surface area contributed by atoms with E-state index < -0.39 is 16.1 Å². The number of nitrogens with two attached hydrogens (primary N) is 1. The number of carbonyl (C=O) groups is 1. The Morgan fingerprint density at radius 2 is 2.10 bits per heavy atom. The predicted molar refractivity (Wildman–Crippen MR) is 81.8 cm³/mol. The molecule has 2 aliphatic heterocycles. The van der Waals surface area contributed by atoms with E-state index >= 15 is 0 Å². The molecule has 3 N–H and O–H groups in total. The standard InChI is InChI=1S/C12H23N3O4S.ClH/c1-14-20(17,18)8-9-3-2-6-15(9)12(16)11-5-4-10(7-13)19-11;/h9-11,14H,2-8,13H2,1H3;1H/t9?,10-,11+;/m1./s1. The lowest BCUT2D eigenvalue weighted by Gasteiger charge is -2.27. The maximum Gasteiger partial charge on any atom is 0.251 e. The Kier molecular flexibility index (Phi) is 6.86. The second kappa shape index (κ2) is 7.73. The minimum atomic E-state index is -3.31. The summed E-state index contributed by atoms with van der Waals surface area (Å²) < 4.78 is 31.2. The molecule has 0 bridgehead atoms. The molecule has 0 aromatic heterocycles. The molecular weight excluding hydrogens is 318 g/mol. The first-order chi connectivity index (χ1) is 9.46. The maximum absolute atomic E-state index is 12.4. The van der Waals surface area contributed by atoms with Crippen LogP contribution in [-0.2, 0) is 19.6 Å². The van der Waals surface area contributed by atoms with Gasteiger partial charge in [0.25, 0.3) is 5.91 Å². The van der Waals surface area contributed by atoms with E-state index in [1.807, 2.05) is 0 Å². The van der Waals surface area contributed by atoms with Crippen LogP contribution in [0.25, 0.3) is 0 Å². The number of hydrogen-bond acceptors (Lipinski definition) is 5. The van der Waals surface area contributed by atoms with Crippen LogP contribution in [0, 0.1) is 0 Å².